The summed E-state index contributed by atoms with van der Waals surface area (Å²) >= 11 is 0. The maximum atomic E-state index is 9.28. The molecule has 18 heavy (non-hydrogen) atoms. The molecule has 0 amide bonds. The number of nitrogens with two attached hydrogens (primary N) is 1. The van der Waals surface area contributed by atoms with Crippen molar-refractivity contribution in [1.82, 2.24) is 4.98 Å². The fraction of sp³-hybridized carbons (Fsp3) is 0. The molecule has 0 unspecified atom stereocenters. The van der Waals surface area contributed by atoms with Crippen LogP contribution in [0.4, 0.5) is 5.69 Å². The zero-order valence-corrected chi connectivity index (χ0v) is 9.67. The normalized spacial score (nSPS) is 10.7. The molecule has 1 aromatic heterocycles. The second-order valence-corrected chi connectivity index (χ2v) is 4.22. The molecule has 0 atom stereocenters. The summed E-state index contributed by atoms with van der Waals surface area (Å²) in [5.41, 5.74) is 9.45. The van der Waals surface area contributed by atoms with Gasteiger partial charge in [0, 0.05) is 22.8 Å². The summed E-state index contributed by atoms with van der Waals surface area (Å²) in [4.78, 5) is 4.40. The maximum absolute atomic E-state index is 9.28. The Balaban J connectivity index is 2.15. The van der Waals surface area contributed by atoms with Gasteiger partial charge in [0.15, 0.2) is 0 Å². The van der Waals surface area contributed by atoms with Crippen LogP contribution in [0.25, 0.3) is 22.0 Å². The topological polar surface area (TPSA) is 59.1 Å². The third-order valence-electron chi connectivity index (χ3n) is 2.91. The Morgan fingerprint density at radius 1 is 0.889 bits per heavy atom. The molecule has 3 N–H and O–H groups in total. The van der Waals surface area contributed by atoms with Crippen LogP contribution >= 0.6 is 0 Å². The van der Waals surface area contributed by atoms with E-state index < -0.39 is 0 Å². The van der Waals surface area contributed by atoms with Crippen molar-refractivity contribution in [3.8, 4) is 16.9 Å². The lowest BCUT2D eigenvalue weighted by molar-refractivity contribution is 0.475. The Morgan fingerprint density at radius 2 is 1.67 bits per heavy atom. The number of nitrogens with zero attached hydrogens (tertiary/aromatic N) is 1. The van der Waals surface area contributed by atoms with Gasteiger partial charge in [0.25, 0.3) is 0 Å². The molecule has 0 saturated carbocycles. The molecular weight excluding hydrogens is 224 g/mol. The largest absolute Gasteiger partial charge is 0.508 e. The molecule has 2 aromatic carbocycles. The van der Waals surface area contributed by atoms with E-state index in [1.807, 2.05) is 42.6 Å². The summed E-state index contributed by atoms with van der Waals surface area (Å²) in [6.07, 6.45) is 1.82. The van der Waals surface area contributed by atoms with Crippen LogP contribution in [-0.4, -0.2) is 10.1 Å². The van der Waals surface area contributed by atoms with Gasteiger partial charge in [-0.2, -0.15) is 0 Å². The highest BCUT2D eigenvalue weighted by molar-refractivity contribution is 5.85. The van der Waals surface area contributed by atoms with Crippen molar-refractivity contribution in [1.29, 1.82) is 0 Å². The van der Waals surface area contributed by atoms with Crippen LogP contribution in [0.15, 0.2) is 54.7 Å². The van der Waals surface area contributed by atoms with Gasteiger partial charge in [-0.25, -0.2) is 0 Å². The van der Waals surface area contributed by atoms with E-state index in [-0.39, 0.29) is 5.75 Å². The fourth-order valence-electron chi connectivity index (χ4n) is 1.96. The molecule has 3 rings (SSSR count). The molecule has 0 fully saturated rings. The number of aromatic hydroxyl groups is 1. The molecule has 3 heteroatoms. The first-order chi connectivity index (χ1) is 8.72. The molecule has 0 aliphatic carbocycles. The standard InChI is InChI=1S/C15H12N2O/c16-13-3-6-15-11(8-13)7-12(9-17-15)10-1-4-14(18)5-2-10/h1-9,18H,16H2. The minimum atomic E-state index is 0.261. The zero-order valence-electron chi connectivity index (χ0n) is 9.67. The lowest BCUT2D eigenvalue weighted by Gasteiger charge is -2.04. The number of pyridine rings is 1. The van der Waals surface area contributed by atoms with E-state index >= 15 is 0 Å². The van der Waals surface area contributed by atoms with Crippen LogP contribution in [0.5, 0.6) is 5.75 Å². The van der Waals surface area contributed by atoms with E-state index in [0.29, 0.717) is 0 Å². The SMILES string of the molecule is Nc1ccc2ncc(-c3ccc(O)cc3)cc2c1. The molecule has 3 nitrogen and oxygen atoms in total. The third-order valence-corrected chi connectivity index (χ3v) is 2.91. The predicted molar refractivity (Wildman–Crippen MR) is 73.3 cm³/mol. The molecule has 0 spiro atoms. The van der Waals surface area contributed by atoms with Gasteiger partial charge in [0.05, 0.1) is 5.52 Å². The molecule has 0 bridgehead atoms. The number of aromatic nitrogens is 1. The van der Waals surface area contributed by atoms with Crippen molar-refractivity contribution in [3.05, 3.63) is 54.7 Å². The van der Waals surface area contributed by atoms with Gasteiger partial charge in [-0.3, -0.25) is 4.98 Å². The van der Waals surface area contributed by atoms with Crippen molar-refractivity contribution in [3.63, 3.8) is 0 Å². The van der Waals surface area contributed by atoms with E-state index in [4.69, 9.17) is 5.73 Å². The monoisotopic (exact) mass is 236 g/mol. The predicted octanol–water partition coefficient (Wildman–Crippen LogP) is 3.19. The molecule has 0 aliphatic heterocycles. The van der Waals surface area contributed by atoms with Crippen LogP contribution in [0.1, 0.15) is 0 Å². The molecular formula is C15H12N2O. The zero-order chi connectivity index (χ0) is 12.5. The highest BCUT2D eigenvalue weighted by Crippen LogP contribution is 2.25. The molecule has 0 saturated heterocycles. The summed E-state index contributed by atoms with van der Waals surface area (Å²) in [5, 5.41) is 10.3. The van der Waals surface area contributed by atoms with E-state index in [2.05, 4.69) is 4.98 Å². The van der Waals surface area contributed by atoms with Crippen molar-refractivity contribution >= 4 is 16.6 Å². The quantitative estimate of drug-likeness (QED) is 0.638. The number of benzene rings is 2. The number of rotatable bonds is 1. The molecule has 3 aromatic rings. The van der Waals surface area contributed by atoms with Gasteiger partial charge in [-0.15, -0.1) is 0 Å². The van der Waals surface area contributed by atoms with Gasteiger partial charge in [-0.1, -0.05) is 12.1 Å². The number of anilines is 1. The summed E-state index contributed by atoms with van der Waals surface area (Å²) < 4.78 is 0. The van der Waals surface area contributed by atoms with Crippen LogP contribution in [0.2, 0.25) is 0 Å². The highest BCUT2D eigenvalue weighted by Gasteiger charge is 2.01. The Morgan fingerprint density at radius 3 is 2.44 bits per heavy atom. The molecule has 0 radical (unpaired) electrons. The lowest BCUT2D eigenvalue weighted by atomic mass is 10.1. The van der Waals surface area contributed by atoms with Gasteiger partial charge in [0.1, 0.15) is 5.75 Å². The fourth-order valence-corrected chi connectivity index (χ4v) is 1.96. The van der Waals surface area contributed by atoms with Crippen molar-refractivity contribution in [2.45, 2.75) is 0 Å². The average Bonchev–Trinajstić information content (AvgIpc) is 2.38. The van der Waals surface area contributed by atoms with E-state index in [1.165, 1.54) is 0 Å². The first-order valence-corrected chi connectivity index (χ1v) is 5.67. The Bertz CT molecular complexity index is 705. The second kappa shape index (κ2) is 4.04. The Hall–Kier alpha value is -2.55. The molecule has 0 aliphatic rings. The summed E-state index contributed by atoms with van der Waals surface area (Å²) in [6.45, 7) is 0. The Kier molecular flexibility index (Phi) is 2.38. The summed E-state index contributed by atoms with van der Waals surface area (Å²) in [5.74, 6) is 0.261. The number of fused-ring (bicyclic) bond motifs is 1. The minimum Gasteiger partial charge on any atom is -0.508 e. The van der Waals surface area contributed by atoms with Crippen molar-refractivity contribution in [2.75, 3.05) is 5.73 Å². The van der Waals surface area contributed by atoms with Crippen LogP contribution in [-0.2, 0) is 0 Å². The molecule has 1 heterocycles. The minimum absolute atomic E-state index is 0.261. The summed E-state index contributed by atoms with van der Waals surface area (Å²) in [6, 6.07) is 14.8. The van der Waals surface area contributed by atoms with E-state index in [9.17, 15) is 5.11 Å². The summed E-state index contributed by atoms with van der Waals surface area (Å²) in [7, 11) is 0. The van der Waals surface area contributed by atoms with E-state index in [0.717, 1.165) is 27.7 Å². The first-order valence-electron chi connectivity index (χ1n) is 5.67. The number of phenols is 1. The van der Waals surface area contributed by atoms with Gasteiger partial charge in [-0.05, 0) is 42.0 Å². The highest BCUT2D eigenvalue weighted by atomic mass is 16.3. The number of nitrogen functional groups attached to an aromatic ring is 1. The van der Waals surface area contributed by atoms with Gasteiger partial charge < -0.3 is 10.8 Å². The van der Waals surface area contributed by atoms with Gasteiger partial charge >= 0.3 is 0 Å². The third kappa shape index (κ3) is 1.86. The maximum Gasteiger partial charge on any atom is 0.115 e. The van der Waals surface area contributed by atoms with Gasteiger partial charge in [0.2, 0.25) is 0 Å². The average molecular weight is 236 g/mol. The number of hydrogen-bond donors (Lipinski definition) is 2. The first kappa shape index (κ1) is 10.6. The van der Waals surface area contributed by atoms with Crippen molar-refractivity contribution < 1.29 is 5.11 Å². The number of phenolic OH excluding ortho intramolecular Hbond substituents is 1. The Labute approximate surface area is 105 Å². The van der Waals surface area contributed by atoms with Crippen LogP contribution in [0.3, 0.4) is 0 Å². The van der Waals surface area contributed by atoms with Crippen LogP contribution in [0, 0.1) is 0 Å². The number of hydrogen-bond acceptors (Lipinski definition) is 3. The smallest absolute Gasteiger partial charge is 0.115 e. The lowest BCUT2D eigenvalue weighted by Crippen LogP contribution is -1.87. The molecule has 88 valence electrons. The van der Waals surface area contributed by atoms with Crippen LogP contribution < -0.4 is 5.73 Å². The van der Waals surface area contributed by atoms with E-state index in [1.54, 1.807) is 12.1 Å². The van der Waals surface area contributed by atoms with Crippen molar-refractivity contribution in [2.24, 2.45) is 0 Å². The second-order valence-electron chi connectivity index (χ2n) is 4.22.